The Balaban J connectivity index is 4.98. The maximum absolute atomic E-state index is 13.6. The van der Waals surface area contributed by atoms with Gasteiger partial charge in [0.15, 0.2) is 0 Å². The molecule has 0 aromatic carbocycles. The highest BCUT2D eigenvalue weighted by molar-refractivity contribution is 7.45. The summed E-state index contributed by atoms with van der Waals surface area (Å²) in [4.78, 5) is 40.3. The molecule has 3 atom stereocenters. The molecule has 9 nitrogen and oxygen atoms in total. The van der Waals surface area contributed by atoms with Crippen molar-refractivity contribution in [3.05, 3.63) is 60.8 Å². The van der Waals surface area contributed by atoms with Gasteiger partial charge in [-0.3, -0.25) is 14.2 Å². The van der Waals surface area contributed by atoms with Crippen LogP contribution in [0.2, 0.25) is 0 Å². The molecule has 0 aromatic heterocycles. The maximum atomic E-state index is 13.6. The van der Waals surface area contributed by atoms with E-state index in [1.807, 2.05) is 33.3 Å². The van der Waals surface area contributed by atoms with Crippen LogP contribution in [0, 0.1) is 0 Å². The van der Waals surface area contributed by atoms with Crippen molar-refractivity contribution in [2.45, 2.75) is 386 Å². The number of phosphoric ester groups is 1. The van der Waals surface area contributed by atoms with E-state index in [9.17, 15) is 19.0 Å². The summed E-state index contributed by atoms with van der Waals surface area (Å²) in [6.45, 7) is 6.86. The van der Waals surface area contributed by atoms with E-state index < -0.39 is 26.6 Å². The van der Waals surface area contributed by atoms with Gasteiger partial charge in [0.25, 0.3) is 7.82 Å². The number of hydrogen-bond donors (Lipinski definition) is 1. The Bertz CT molecular complexity index is 1690. The number of nitrogens with one attached hydrogen (secondary N) is 1. The number of unbranched alkanes of at least 4 members (excludes halogenated alkanes) is 46. The molecule has 0 aliphatic heterocycles. The molecule has 0 fully saturated rings. The van der Waals surface area contributed by atoms with E-state index >= 15 is 0 Å². The van der Waals surface area contributed by atoms with Crippen LogP contribution >= 0.6 is 7.82 Å². The molecule has 0 aromatic rings. The summed E-state index contributed by atoms with van der Waals surface area (Å²) in [5, 5.41) is 3.05. The number of ether oxygens (including phenoxy) is 1. The Labute approximate surface area is 547 Å². The monoisotopic (exact) mass is 1260 g/mol. The molecule has 1 amide bonds. The van der Waals surface area contributed by atoms with Crippen LogP contribution in [0.5, 0.6) is 0 Å². The highest BCUT2D eigenvalue weighted by Crippen LogP contribution is 2.38. The van der Waals surface area contributed by atoms with Gasteiger partial charge in [0, 0.05) is 12.8 Å². The molecule has 0 aliphatic carbocycles. The molecule has 0 bridgehead atoms. The predicted octanol–water partition coefficient (Wildman–Crippen LogP) is 23.9. The van der Waals surface area contributed by atoms with Gasteiger partial charge in [-0.05, 0) is 76.7 Å². The number of carbonyl (C=O) groups is 2. The van der Waals surface area contributed by atoms with Crippen LogP contribution in [0.25, 0.3) is 0 Å². The number of rotatable bonds is 70. The number of carbonyl (C=O) groups excluding carboxylic acids is 2. The number of nitrogens with zero attached hydrogens (tertiary/aromatic N) is 1. The zero-order chi connectivity index (χ0) is 64.2. The Kier molecular flexibility index (Phi) is 65.8. The van der Waals surface area contributed by atoms with E-state index in [0.717, 1.165) is 89.9 Å². The fourth-order valence-electron chi connectivity index (χ4n) is 11.3. The Morgan fingerprint density at radius 3 is 1.06 bits per heavy atom. The van der Waals surface area contributed by atoms with Crippen LogP contribution in [0.1, 0.15) is 374 Å². The zero-order valence-electron chi connectivity index (χ0n) is 59.2. The number of esters is 1. The summed E-state index contributed by atoms with van der Waals surface area (Å²) in [5.41, 5.74) is 0. The summed E-state index contributed by atoms with van der Waals surface area (Å²) in [5.74, 6) is -0.537. The molecule has 0 spiro atoms. The molecule has 0 saturated heterocycles. The second-order valence-corrected chi connectivity index (χ2v) is 28.6. The van der Waals surface area contributed by atoms with Crippen LogP contribution in [0.3, 0.4) is 0 Å². The first-order valence-corrected chi connectivity index (χ1v) is 39.6. The molecule has 0 radical (unpaired) electrons. The number of hydrogen-bond acceptors (Lipinski definition) is 7. The van der Waals surface area contributed by atoms with Gasteiger partial charge in [-0.25, -0.2) is 0 Å². The summed E-state index contributed by atoms with van der Waals surface area (Å²) >= 11 is 0. The van der Waals surface area contributed by atoms with Crippen molar-refractivity contribution in [3.8, 4) is 0 Å². The summed E-state index contributed by atoms with van der Waals surface area (Å²) in [6.07, 6.45) is 87.9. The maximum Gasteiger partial charge on any atom is 0.306 e. The first kappa shape index (κ1) is 85.7. The quantitative estimate of drug-likeness (QED) is 0.0212. The van der Waals surface area contributed by atoms with Crippen molar-refractivity contribution >= 4 is 19.7 Å². The smallest absolute Gasteiger partial charge is 0.306 e. The lowest BCUT2D eigenvalue weighted by Gasteiger charge is -2.30. The van der Waals surface area contributed by atoms with Crippen molar-refractivity contribution in [3.63, 3.8) is 0 Å². The van der Waals surface area contributed by atoms with Crippen molar-refractivity contribution in [2.24, 2.45) is 0 Å². The van der Waals surface area contributed by atoms with Gasteiger partial charge in [-0.2, -0.15) is 0 Å². The second kappa shape index (κ2) is 67.6. The minimum atomic E-state index is -4.71. The molecule has 1 N–H and O–H groups in total. The molecular formula is C78H147N2O7P. The molecule has 0 aliphatic rings. The first-order chi connectivity index (χ1) is 42.9. The molecule has 88 heavy (non-hydrogen) atoms. The van der Waals surface area contributed by atoms with Crippen LogP contribution in [-0.2, 0) is 27.9 Å². The molecular weight excluding hydrogens is 1110 g/mol. The Morgan fingerprint density at radius 1 is 0.398 bits per heavy atom. The number of amides is 1. The highest BCUT2D eigenvalue weighted by Gasteiger charge is 2.27. The normalized spacial score (nSPS) is 13.8. The SMILES string of the molecule is CCCCC/C=C\C/C=C\C/C=C\C/C=C\CCCCCCCCCC(=O)NC(COP(=O)([O-])OCC[N+](C)(C)C)C(/C=C/CCCCCCCCCCCC)OC(=O)CCCCCCCCCCCCCCCCCCCCCCCCCCCCC. The predicted molar refractivity (Wildman–Crippen MR) is 381 cm³/mol. The number of quaternary nitrogens is 1. The third kappa shape index (κ3) is 68.1. The first-order valence-electron chi connectivity index (χ1n) is 38.1. The molecule has 516 valence electrons. The standard InChI is InChI=1S/C78H147N2O7P/c1-7-10-13-16-19-22-25-28-30-32-34-36-38-39-40-41-43-45-47-49-51-53-56-59-62-65-68-71-78(82)87-76(69-66-63-60-57-54-27-24-21-18-15-12-9-3)75(74-86-88(83,84)85-73-72-80(4,5)6)79-77(81)70-67-64-61-58-55-52-50-48-46-44-42-37-35-33-31-29-26-23-20-17-14-11-8-2/h20,23,29,31,35,37,44,46,66,69,75-76H,7-19,21-22,24-28,30,32-34,36,38-43,45,47-65,67-68,70-74H2,1-6H3,(H-,79,81,83,84)/b23-20-,31-29-,37-35-,46-44-,69-66+. The molecule has 0 saturated carbocycles. The summed E-state index contributed by atoms with van der Waals surface area (Å²) in [6, 6.07) is -0.895. The lowest BCUT2D eigenvalue weighted by atomic mass is 10.0. The molecule has 10 heteroatoms. The van der Waals surface area contributed by atoms with Crippen molar-refractivity contribution < 1.29 is 37.3 Å². The van der Waals surface area contributed by atoms with Crippen molar-refractivity contribution in [1.82, 2.24) is 5.32 Å². The average Bonchev–Trinajstić information content (AvgIpc) is 3.53. The average molecular weight is 1260 g/mol. The van der Waals surface area contributed by atoms with Crippen molar-refractivity contribution in [2.75, 3.05) is 40.9 Å². The van der Waals surface area contributed by atoms with Gasteiger partial charge in [0.05, 0.1) is 33.8 Å². The fourth-order valence-corrected chi connectivity index (χ4v) is 12.1. The van der Waals surface area contributed by atoms with Gasteiger partial charge < -0.3 is 28.5 Å². The topological polar surface area (TPSA) is 114 Å². The van der Waals surface area contributed by atoms with E-state index in [1.165, 1.54) is 250 Å². The summed E-state index contributed by atoms with van der Waals surface area (Å²) < 4.78 is 30.5. The number of allylic oxidation sites excluding steroid dienone is 9. The van der Waals surface area contributed by atoms with Crippen LogP contribution in [0.4, 0.5) is 0 Å². The summed E-state index contributed by atoms with van der Waals surface area (Å²) in [7, 11) is 1.19. The third-order valence-corrected chi connectivity index (χ3v) is 18.2. The lowest BCUT2D eigenvalue weighted by molar-refractivity contribution is -0.870. The van der Waals surface area contributed by atoms with Gasteiger partial charge in [0.1, 0.15) is 19.3 Å². The second-order valence-electron chi connectivity index (χ2n) is 27.2. The largest absolute Gasteiger partial charge is 0.756 e. The Hall–Kier alpha value is -2.29. The van der Waals surface area contributed by atoms with E-state index in [-0.39, 0.29) is 24.9 Å². The van der Waals surface area contributed by atoms with E-state index in [2.05, 4.69) is 74.7 Å². The highest BCUT2D eigenvalue weighted by atomic mass is 31.2. The molecule has 3 unspecified atom stereocenters. The number of phosphoric acid groups is 1. The fraction of sp³-hybridized carbons (Fsp3) is 0.846. The van der Waals surface area contributed by atoms with E-state index in [1.54, 1.807) is 0 Å². The van der Waals surface area contributed by atoms with Crippen LogP contribution in [0.15, 0.2) is 60.8 Å². The van der Waals surface area contributed by atoms with E-state index in [0.29, 0.717) is 17.4 Å². The minimum absolute atomic E-state index is 0.0243. The van der Waals surface area contributed by atoms with Crippen molar-refractivity contribution in [1.29, 1.82) is 0 Å². The number of likely N-dealkylation sites (N-methyl/N-ethyl adjacent to an activating group) is 1. The Morgan fingerprint density at radius 2 is 0.693 bits per heavy atom. The lowest BCUT2D eigenvalue weighted by Crippen LogP contribution is -2.47. The molecule has 0 rings (SSSR count). The van der Waals surface area contributed by atoms with Crippen LogP contribution in [-0.4, -0.2) is 69.4 Å². The van der Waals surface area contributed by atoms with E-state index in [4.69, 9.17) is 13.8 Å². The van der Waals surface area contributed by atoms with Gasteiger partial charge in [-0.15, -0.1) is 0 Å². The van der Waals surface area contributed by atoms with Gasteiger partial charge in [0.2, 0.25) is 5.91 Å². The van der Waals surface area contributed by atoms with Gasteiger partial charge >= 0.3 is 5.97 Å². The zero-order valence-corrected chi connectivity index (χ0v) is 60.1. The third-order valence-electron chi connectivity index (χ3n) is 17.2. The minimum Gasteiger partial charge on any atom is -0.756 e. The van der Waals surface area contributed by atoms with Crippen LogP contribution < -0.4 is 10.2 Å². The molecule has 0 heterocycles. The van der Waals surface area contributed by atoms with Gasteiger partial charge in [-0.1, -0.05) is 345 Å².